The molecule has 0 bridgehead atoms. The van der Waals surface area contributed by atoms with Crippen LogP contribution < -0.4 is 20.3 Å². The number of amides is 2. The van der Waals surface area contributed by atoms with Gasteiger partial charge in [0.1, 0.15) is 17.2 Å². The lowest BCUT2D eigenvalue weighted by atomic mass is 9.87. The molecule has 4 heterocycles. The predicted octanol–water partition coefficient (Wildman–Crippen LogP) is 6.63. The Morgan fingerprint density at radius 1 is 1.09 bits per heavy atom. The zero-order valence-electron chi connectivity index (χ0n) is 27.1. The third kappa shape index (κ3) is 7.02. The van der Waals surface area contributed by atoms with Crippen molar-refractivity contribution in [2.24, 2.45) is 5.92 Å². The van der Waals surface area contributed by atoms with Crippen LogP contribution in [0.5, 0.6) is 5.75 Å². The summed E-state index contributed by atoms with van der Waals surface area (Å²) in [5, 5.41) is 6.49. The first-order valence-corrected chi connectivity index (χ1v) is 16.1. The standard InChI is InChI=1S/C36H45N5O4/c1-35(2,3)45-34(43)40-16-12-24(13-17-40)22-41-23-36(4,5)29-10-9-27(20-30(29)41)39-33(42)28-7-6-15-37-32(28)38-21-25-8-11-31-26(19-25)14-18-44-31/h6-11,15,19-20,24H,12-14,16-18,21-23H2,1-5H3,(H,37,38)(H,39,42). The van der Waals surface area contributed by atoms with E-state index < -0.39 is 5.60 Å². The first-order valence-electron chi connectivity index (χ1n) is 16.1. The topological polar surface area (TPSA) is 96.0 Å². The predicted molar refractivity (Wildman–Crippen MR) is 177 cm³/mol. The van der Waals surface area contributed by atoms with Crippen LogP contribution in [0.2, 0.25) is 0 Å². The fraction of sp³-hybridized carbons (Fsp3) is 0.472. The molecule has 3 aliphatic rings. The summed E-state index contributed by atoms with van der Waals surface area (Å²) in [7, 11) is 0. The van der Waals surface area contributed by atoms with E-state index in [0.29, 0.717) is 36.9 Å². The van der Waals surface area contributed by atoms with Crippen molar-refractivity contribution in [3.63, 3.8) is 0 Å². The highest BCUT2D eigenvalue weighted by atomic mass is 16.6. The van der Waals surface area contributed by atoms with Gasteiger partial charge in [0.05, 0.1) is 12.2 Å². The van der Waals surface area contributed by atoms with Crippen molar-refractivity contribution in [1.82, 2.24) is 9.88 Å². The number of carbonyl (C=O) groups is 2. The summed E-state index contributed by atoms with van der Waals surface area (Å²) in [6.07, 6.45) is 4.28. The Bertz CT molecular complexity index is 1570. The van der Waals surface area contributed by atoms with Crippen LogP contribution in [0.15, 0.2) is 54.7 Å². The molecular formula is C36H45N5O4. The Morgan fingerprint density at radius 3 is 2.67 bits per heavy atom. The molecule has 0 radical (unpaired) electrons. The van der Waals surface area contributed by atoms with Gasteiger partial charge >= 0.3 is 6.09 Å². The molecule has 3 aliphatic heterocycles. The van der Waals surface area contributed by atoms with Gasteiger partial charge in [0.25, 0.3) is 5.91 Å². The zero-order valence-corrected chi connectivity index (χ0v) is 27.1. The van der Waals surface area contributed by atoms with E-state index in [1.807, 2.05) is 43.9 Å². The number of aromatic nitrogens is 1. The molecule has 2 N–H and O–H groups in total. The first-order chi connectivity index (χ1) is 21.4. The molecule has 9 nitrogen and oxygen atoms in total. The SMILES string of the molecule is CC(C)(C)OC(=O)N1CCC(CN2CC(C)(C)c3ccc(NC(=O)c4cccnc4NCc4ccc5c(c4)CCO5)cc32)CC1. The maximum atomic E-state index is 13.5. The molecule has 45 heavy (non-hydrogen) atoms. The summed E-state index contributed by atoms with van der Waals surface area (Å²) in [4.78, 5) is 34.9. The first kappa shape index (κ1) is 30.7. The van der Waals surface area contributed by atoms with Crippen LogP contribution in [0, 0.1) is 5.92 Å². The quantitative estimate of drug-likeness (QED) is 0.310. The third-order valence-electron chi connectivity index (χ3n) is 8.92. The lowest BCUT2D eigenvalue weighted by Crippen LogP contribution is -2.44. The molecule has 3 aromatic rings. The van der Waals surface area contributed by atoms with Gasteiger partial charge in [0.2, 0.25) is 0 Å². The van der Waals surface area contributed by atoms with Crippen molar-refractivity contribution in [2.45, 2.75) is 71.4 Å². The fourth-order valence-corrected chi connectivity index (χ4v) is 6.65. The van der Waals surface area contributed by atoms with E-state index in [9.17, 15) is 9.59 Å². The lowest BCUT2D eigenvalue weighted by Gasteiger charge is -2.35. The van der Waals surface area contributed by atoms with Gasteiger partial charge in [0.15, 0.2) is 0 Å². The van der Waals surface area contributed by atoms with E-state index >= 15 is 0 Å². The number of rotatable bonds is 7. The van der Waals surface area contributed by atoms with E-state index in [2.05, 4.69) is 52.6 Å². The van der Waals surface area contributed by atoms with E-state index in [1.54, 1.807) is 18.3 Å². The third-order valence-corrected chi connectivity index (χ3v) is 8.92. The minimum atomic E-state index is -0.487. The van der Waals surface area contributed by atoms with Gasteiger partial charge in [-0.2, -0.15) is 0 Å². The second kappa shape index (κ2) is 12.3. The average molecular weight is 612 g/mol. The molecule has 1 aromatic heterocycles. The van der Waals surface area contributed by atoms with E-state index in [0.717, 1.165) is 61.6 Å². The Kier molecular flexibility index (Phi) is 8.37. The van der Waals surface area contributed by atoms with Gasteiger partial charge in [-0.05, 0) is 86.6 Å². The number of fused-ring (bicyclic) bond motifs is 2. The zero-order chi connectivity index (χ0) is 31.8. The Labute approximate surface area is 266 Å². The van der Waals surface area contributed by atoms with Gasteiger partial charge < -0.3 is 29.9 Å². The Balaban J connectivity index is 1.10. The van der Waals surface area contributed by atoms with Crippen molar-refractivity contribution in [2.75, 3.05) is 48.3 Å². The van der Waals surface area contributed by atoms with Crippen molar-refractivity contribution in [1.29, 1.82) is 0 Å². The number of piperidine rings is 1. The lowest BCUT2D eigenvalue weighted by molar-refractivity contribution is 0.0186. The van der Waals surface area contributed by atoms with E-state index in [1.165, 1.54) is 11.1 Å². The van der Waals surface area contributed by atoms with Crippen LogP contribution in [0.4, 0.5) is 22.0 Å². The molecule has 0 unspecified atom stereocenters. The Morgan fingerprint density at radius 2 is 1.89 bits per heavy atom. The second-order valence-corrected chi connectivity index (χ2v) is 14.2. The van der Waals surface area contributed by atoms with Crippen molar-refractivity contribution < 1.29 is 19.1 Å². The molecule has 238 valence electrons. The largest absolute Gasteiger partial charge is 0.493 e. The van der Waals surface area contributed by atoms with Crippen LogP contribution in [0.1, 0.15) is 74.5 Å². The smallest absolute Gasteiger partial charge is 0.410 e. The number of nitrogens with zero attached hydrogens (tertiary/aromatic N) is 3. The molecule has 2 amide bonds. The summed E-state index contributed by atoms with van der Waals surface area (Å²) >= 11 is 0. The molecule has 2 aromatic carbocycles. The van der Waals surface area contributed by atoms with Gasteiger partial charge in [-0.1, -0.05) is 32.0 Å². The number of carbonyl (C=O) groups excluding carboxylic acids is 2. The molecular weight excluding hydrogens is 566 g/mol. The minimum absolute atomic E-state index is 0.000783. The maximum absolute atomic E-state index is 13.5. The number of pyridine rings is 1. The number of benzene rings is 2. The van der Waals surface area contributed by atoms with E-state index in [4.69, 9.17) is 9.47 Å². The molecule has 1 saturated heterocycles. The normalized spacial score (nSPS) is 17.4. The van der Waals surface area contributed by atoms with Crippen LogP contribution in [-0.4, -0.2) is 60.3 Å². The van der Waals surface area contributed by atoms with Crippen LogP contribution in [0.3, 0.4) is 0 Å². The van der Waals surface area contributed by atoms with Crippen molar-refractivity contribution in [3.8, 4) is 5.75 Å². The number of ether oxygens (including phenoxy) is 2. The summed E-state index contributed by atoms with van der Waals surface area (Å²) in [5.74, 6) is 1.78. The monoisotopic (exact) mass is 611 g/mol. The number of anilines is 3. The maximum Gasteiger partial charge on any atom is 0.410 e. The summed E-state index contributed by atoms with van der Waals surface area (Å²) in [6, 6.07) is 16.0. The number of likely N-dealkylation sites (tertiary alicyclic amines) is 1. The summed E-state index contributed by atoms with van der Waals surface area (Å²) in [5.41, 5.74) is 5.55. The van der Waals surface area contributed by atoms with Gasteiger partial charge in [-0.15, -0.1) is 0 Å². The van der Waals surface area contributed by atoms with Crippen LogP contribution in [-0.2, 0) is 23.1 Å². The second-order valence-electron chi connectivity index (χ2n) is 14.2. The van der Waals surface area contributed by atoms with Crippen LogP contribution in [0.25, 0.3) is 0 Å². The van der Waals surface area contributed by atoms with Crippen molar-refractivity contribution in [3.05, 3.63) is 77.0 Å². The van der Waals surface area contributed by atoms with E-state index in [-0.39, 0.29) is 17.4 Å². The van der Waals surface area contributed by atoms with Crippen LogP contribution >= 0.6 is 0 Å². The summed E-state index contributed by atoms with van der Waals surface area (Å²) in [6.45, 7) is 14.8. The number of hydrogen-bond acceptors (Lipinski definition) is 7. The highest BCUT2D eigenvalue weighted by Crippen LogP contribution is 2.42. The molecule has 0 spiro atoms. The van der Waals surface area contributed by atoms with Gasteiger partial charge in [0, 0.05) is 62.1 Å². The number of hydrogen-bond donors (Lipinski definition) is 2. The molecule has 9 heteroatoms. The van der Waals surface area contributed by atoms with Gasteiger partial charge in [-0.25, -0.2) is 9.78 Å². The highest BCUT2D eigenvalue weighted by molar-refractivity contribution is 6.07. The molecule has 6 rings (SSSR count). The molecule has 0 saturated carbocycles. The molecule has 1 fully saturated rings. The fourth-order valence-electron chi connectivity index (χ4n) is 6.65. The molecule has 0 aliphatic carbocycles. The van der Waals surface area contributed by atoms with Crippen molar-refractivity contribution >= 4 is 29.2 Å². The number of nitrogens with one attached hydrogen (secondary N) is 2. The summed E-state index contributed by atoms with van der Waals surface area (Å²) < 4.78 is 11.2. The van der Waals surface area contributed by atoms with Gasteiger partial charge in [-0.3, -0.25) is 4.79 Å². The minimum Gasteiger partial charge on any atom is -0.493 e. The molecule has 0 atom stereocenters. The Hall–Kier alpha value is -4.27. The average Bonchev–Trinajstić information content (AvgIpc) is 3.56. The highest BCUT2D eigenvalue weighted by Gasteiger charge is 2.37.